The average Bonchev–Trinajstić information content (AvgIpc) is 2.65. The van der Waals surface area contributed by atoms with Gasteiger partial charge in [0.1, 0.15) is 5.75 Å². The second-order valence-electron chi connectivity index (χ2n) is 4.37. The molecule has 3 heteroatoms. The van der Waals surface area contributed by atoms with E-state index in [2.05, 4.69) is 4.98 Å². The predicted octanol–water partition coefficient (Wildman–Crippen LogP) is 2.59. The van der Waals surface area contributed by atoms with E-state index in [0.29, 0.717) is 6.10 Å². The van der Waals surface area contributed by atoms with Crippen LogP contribution in [0, 0.1) is 0 Å². The van der Waals surface area contributed by atoms with E-state index in [1.807, 2.05) is 24.3 Å². The molecule has 2 N–H and O–H groups in total. The molecule has 1 aromatic heterocycles. The summed E-state index contributed by atoms with van der Waals surface area (Å²) < 4.78 is 5.82. The number of aromatic amines is 1. The normalized spacial score (nSPS) is 16.3. The van der Waals surface area contributed by atoms with Crippen LogP contribution in [-0.2, 0) is 6.61 Å². The van der Waals surface area contributed by atoms with Crippen molar-refractivity contribution < 1.29 is 9.84 Å². The third kappa shape index (κ3) is 1.67. The molecule has 2 aromatic rings. The second kappa shape index (κ2) is 3.83. The number of rotatable bonds is 3. The molecule has 1 fully saturated rings. The van der Waals surface area contributed by atoms with E-state index < -0.39 is 0 Å². The number of ether oxygens (including phenoxy) is 1. The first-order valence-corrected chi connectivity index (χ1v) is 5.74. The number of aromatic nitrogens is 1. The number of H-pyrrole nitrogens is 1. The number of hydrogen-bond donors (Lipinski definition) is 2. The molecule has 1 aromatic carbocycles. The Kier molecular flexibility index (Phi) is 2.33. The molecule has 3 nitrogen and oxygen atoms in total. The van der Waals surface area contributed by atoms with Crippen molar-refractivity contribution in [3.05, 3.63) is 30.0 Å². The largest absolute Gasteiger partial charge is 0.490 e. The summed E-state index contributed by atoms with van der Waals surface area (Å²) in [6.07, 6.45) is 4.03. The summed E-state index contributed by atoms with van der Waals surface area (Å²) in [4.78, 5) is 3.16. The summed E-state index contributed by atoms with van der Waals surface area (Å²) in [5, 5.41) is 10.2. The molecule has 0 bridgehead atoms. The Morgan fingerprint density at radius 3 is 2.88 bits per heavy atom. The first-order valence-electron chi connectivity index (χ1n) is 5.74. The van der Waals surface area contributed by atoms with Gasteiger partial charge < -0.3 is 14.8 Å². The van der Waals surface area contributed by atoms with Crippen molar-refractivity contribution in [1.82, 2.24) is 4.98 Å². The second-order valence-corrected chi connectivity index (χ2v) is 4.37. The van der Waals surface area contributed by atoms with Gasteiger partial charge in [-0.1, -0.05) is 0 Å². The van der Waals surface area contributed by atoms with E-state index in [0.717, 1.165) is 22.3 Å². The molecule has 1 heterocycles. The molecule has 3 rings (SSSR count). The Labute approximate surface area is 94.0 Å². The van der Waals surface area contributed by atoms with Crippen LogP contribution in [0.3, 0.4) is 0 Å². The predicted molar refractivity (Wildman–Crippen MR) is 62.5 cm³/mol. The van der Waals surface area contributed by atoms with Crippen molar-refractivity contribution in [2.75, 3.05) is 0 Å². The van der Waals surface area contributed by atoms with Gasteiger partial charge in [0, 0.05) is 22.7 Å². The fourth-order valence-electron chi connectivity index (χ4n) is 2.01. The number of fused-ring (bicyclic) bond motifs is 1. The Morgan fingerprint density at radius 2 is 2.19 bits per heavy atom. The van der Waals surface area contributed by atoms with Crippen molar-refractivity contribution in [2.45, 2.75) is 32.0 Å². The highest BCUT2D eigenvalue weighted by atomic mass is 16.5. The van der Waals surface area contributed by atoms with Crippen LogP contribution in [0.4, 0.5) is 0 Å². The SMILES string of the molecule is OCc1cc2ccc(OC3CCC3)cc2[nH]1. The van der Waals surface area contributed by atoms with Gasteiger partial charge in [0.2, 0.25) is 0 Å². The molecule has 0 atom stereocenters. The molecular formula is C13H15NO2. The molecule has 0 unspecified atom stereocenters. The van der Waals surface area contributed by atoms with Crippen LogP contribution >= 0.6 is 0 Å². The number of hydrogen-bond acceptors (Lipinski definition) is 2. The number of aliphatic hydroxyl groups is 1. The minimum atomic E-state index is 0.0491. The first kappa shape index (κ1) is 9.73. The van der Waals surface area contributed by atoms with Gasteiger partial charge in [0.05, 0.1) is 12.7 Å². The molecule has 0 amide bonds. The van der Waals surface area contributed by atoms with Crippen molar-refractivity contribution in [1.29, 1.82) is 0 Å². The van der Waals surface area contributed by atoms with Crippen LogP contribution in [0.5, 0.6) is 5.75 Å². The monoisotopic (exact) mass is 217 g/mol. The summed E-state index contributed by atoms with van der Waals surface area (Å²) in [6.45, 7) is 0.0491. The third-order valence-corrected chi connectivity index (χ3v) is 3.18. The standard InChI is InChI=1S/C13H15NO2/c15-8-10-6-9-4-5-12(7-13(9)14-10)16-11-2-1-3-11/h4-7,11,14-15H,1-3,8H2. The molecule has 0 aliphatic heterocycles. The van der Waals surface area contributed by atoms with E-state index in [1.54, 1.807) is 0 Å². The number of nitrogens with one attached hydrogen (secondary N) is 1. The van der Waals surface area contributed by atoms with Crippen LogP contribution < -0.4 is 4.74 Å². The Morgan fingerprint density at radius 1 is 1.31 bits per heavy atom. The van der Waals surface area contributed by atoms with Crippen LogP contribution in [0.1, 0.15) is 25.0 Å². The molecule has 0 radical (unpaired) electrons. The van der Waals surface area contributed by atoms with E-state index >= 15 is 0 Å². The zero-order valence-corrected chi connectivity index (χ0v) is 9.07. The highest BCUT2D eigenvalue weighted by molar-refractivity contribution is 5.81. The molecular weight excluding hydrogens is 202 g/mol. The zero-order chi connectivity index (χ0) is 11.0. The molecule has 1 aliphatic rings. The maximum atomic E-state index is 9.04. The van der Waals surface area contributed by atoms with E-state index in [1.165, 1.54) is 19.3 Å². The highest BCUT2D eigenvalue weighted by Crippen LogP contribution is 2.27. The van der Waals surface area contributed by atoms with E-state index in [-0.39, 0.29) is 6.61 Å². The summed E-state index contributed by atoms with van der Waals surface area (Å²) >= 11 is 0. The summed E-state index contributed by atoms with van der Waals surface area (Å²) in [7, 11) is 0. The lowest BCUT2D eigenvalue weighted by atomic mass is 9.96. The van der Waals surface area contributed by atoms with Crippen molar-refractivity contribution in [3.63, 3.8) is 0 Å². The van der Waals surface area contributed by atoms with Crippen molar-refractivity contribution >= 4 is 10.9 Å². The lowest BCUT2D eigenvalue weighted by molar-refractivity contribution is 0.120. The zero-order valence-electron chi connectivity index (χ0n) is 9.07. The van der Waals surface area contributed by atoms with Gasteiger partial charge in [-0.15, -0.1) is 0 Å². The van der Waals surface area contributed by atoms with E-state index in [4.69, 9.17) is 9.84 Å². The van der Waals surface area contributed by atoms with Crippen LogP contribution in [-0.4, -0.2) is 16.2 Å². The minimum absolute atomic E-state index is 0.0491. The maximum Gasteiger partial charge on any atom is 0.121 e. The van der Waals surface area contributed by atoms with Crippen LogP contribution in [0.2, 0.25) is 0 Å². The molecule has 84 valence electrons. The lowest BCUT2D eigenvalue weighted by Crippen LogP contribution is -2.24. The average molecular weight is 217 g/mol. The quantitative estimate of drug-likeness (QED) is 0.830. The molecule has 0 spiro atoms. The first-order chi connectivity index (χ1) is 7.85. The molecule has 1 aliphatic carbocycles. The number of aliphatic hydroxyl groups excluding tert-OH is 1. The van der Waals surface area contributed by atoms with Crippen molar-refractivity contribution in [3.8, 4) is 5.75 Å². The smallest absolute Gasteiger partial charge is 0.121 e. The van der Waals surface area contributed by atoms with Gasteiger partial charge in [-0.3, -0.25) is 0 Å². The van der Waals surface area contributed by atoms with Gasteiger partial charge in [-0.25, -0.2) is 0 Å². The lowest BCUT2D eigenvalue weighted by Gasteiger charge is -2.26. The Bertz CT molecular complexity index is 500. The minimum Gasteiger partial charge on any atom is -0.490 e. The van der Waals surface area contributed by atoms with Gasteiger partial charge in [-0.05, 0) is 37.5 Å². The third-order valence-electron chi connectivity index (χ3n) is 3.18. The van der Waals surface area contributed by atoms with Crippen LogP contribution in [0.15, 0.2) is 24.3 Å². The topological polar surface area (TPSA) is 45.2 Å². The molecule has 16 heavy (non-hydrogen) atoms. The van der Waals surface area contributed by atoms with Gasteiger partial charge in [0.25, 0.3) is 0 Å². The number of benzene rings is 1. The fraction of sp³-hybridized carbons (Fsp3) is 0.385. The Balaban J connectivity index is 1.88. The van der Waals surface area contributed by atoms with E-state index in [9.17, 15) is 0 Å². The molecule has 0 saturated heterocycles. The van der Waals surface area contributed by atoms with Gasteiger partial charge in [-0.2, -0.15) is 0 Å². The van der Waals surface area contributed by atoms with Crippen LogP contribution in [0.25, 0.3) is 10.9 Å². The molecule has 1 saturated carbocycles. The highest BCUT2D eigenvalue weighted by Gasteiger charge is 2.19. The maximum absolute atomic E-state index is 9.04. The summed E-state index contributed by atoms with van der Waals surface area (Å²) in [5.74, 6) is 0.920. The van der Waals surface area contributed by atoms with Gasteiger partial charge in [0.15, 0.2) is 0 Å². The van der Waals surface area contributed by atoms with Crippen molar-refractivity contribution in [2.24, 2.45) is 0 Å². The summed E-state index contributed by atoms with van der Waals surface area (Å²) in [5.41, 5.74) is 1.87. The summed E-state index contributed by atoms with van der Waals surface area (Å²) in [6, 6.07) is 7.99. The Hall–Kier alpha value is -1.48. The van der Waals surface area contributed by atoms with Gasteiger partial charge >= 0.3 is 0 Å². The fourth-order valence-corrected chi connectivity index (χ4v) is 2.01.